The number of carbonyl (C=O) groups is 2. The molecule has 0 unspecified atom stereocenters. The molecule has 1 aliphatic rings. The molecule has 36 heavy (non-hydrogen) atoms. The van der Waals surface area contributed by atoms with Crippen LogP contribution >= 0.6 is 23.4 Å². The molecule has 2 amide bonds. The molecule has 1 saturated heterocycles. The van der Waals surface area contributed by atoms with Crippen LogP contribution in [-0.2, 0) is 24.2 Å². The molecule has 1 fully saturated rings. The van der Waals surface area contributed by atoms with E-state index < -0.39 is 0 Å². The van der Waals surface area contributed by atoms with Crippen LogP contribution in [0.1, 0.15) is 35.6 Å². The van der Waals surface area contributed by atoms with E-state index in [4.69, 9.17) is 11.6 Å². The molecule has 4 nitrogen and oxygen atoms in total. The first-order chi connectivity index (χ1) is 17.5. The van der Waals surface area contributed by atoms with E-state index >= 15 is 0 Å². The van der Waals surface area contributed by atoms with Crippen molar-refractivity contribution in [1.29, 1.82) is 0 Å². The third-order valence-corrected chi connectivity index (χ3v) is 7.82. The minimum Gasteiger partial charge on any atom is -0.342 e. The topological polar surface area (TPSA) is 42.3 Å². The van der Waals surface area contributed by atoms with E-state index in [0.717, 1.165) is 58.1 Å². The van der Waals surface area contributed by atoms with E-state index in [1.54, 1.807) is 0 Å². The highest BCUT2D eigenvalue weighted by atomic mass is 35.5. The van der Waals surface area contributed by atoms with Crippen LogP contribution in [0.15, 0.2) is 83.9 Å². The summed E-state index contributed by atoms with van der Waals surface area (Å²) in [5.41, 5.74) is 5.54. The highest BCUT2D eigenvalue weighted by molar-refractivity contribution is 8.18. The fraction of sp³-hybridized carbons (Fsp3) is 0.200. The standard InChI is InChI=1S/C30H27ClN2O2S/c1-2-22-14-8-15-25-24(20-32(28(22)25)19-23-13-6-7-16-26(23)31)18-27-29(34)33(30(35)36-27)17-9-12-21-10-4-3-5-11-21/h3-8,10-11,13-16,18,20H,2,9,12,17,19H2,1H3/b27-18-. The number of fused-ring (bicyclic) bond motifs is 1. The third-order valence-electron chi connectivity index (χ3n) is 6.54. The number of benzene rings is 3. The first-order valence-electron chi connectivity index (χ1n) is 12.2. The van der Waals surface area contributed by atoms with Crippen LogP contribution in [-0.4, -0.2) is 27.2 Å². The van der Waals surface area contributed by atoms with Gasteiger partial charge in [-0.05, 0) is 59.9 Å². The zero-order chi connectivity index (χ0) is 25.1. The van der Waals surface area contributed by atoms with Crippen molar-refractivity contribution < 1.29 is 9.59 Å². The SMILES string of the molecule is CCc1cccc2c(/C=C3\SC(=O)N(CCCc4ccccc4)C3=O)cn(Cc3ccccc3Cl)c12. The predicted molar refractivity (Wildman–Crippen MR) is 149 cm³/mol. The molecule has 1 aromatic heterocycles. The normalized spacial score (nSPS) is 14.9. The van der Waals surface area contributed by atoms with E-state index in [-0.39, 0.29) is 11.1 Å². The van der Waals surface area contributed by atoms with Crippen LogP contribution in [0.5, 0.6) is 0 Å². The summed E-state index contributed by atoms with van der Waals surface area (Å²) in [5, 5.41) is 1.59. The summed E-state index contributed by atoms with van der Waals surface area (Å²) in [4.78, 5) is 27.7. The van der Waals surface area contributed by atoms with Crippen molar-refractivity contribution in [3.05, 3.63) is 111 Å². The second-order valence-electron chi connectivity index (χ2n) is 8.89. The number of carbonyl (C=O) groups excluding carboxylic acids is 2. The summed E-state index contributed by atoms with van der Waals surface area (Å²) in [6.45, 7) is 3.19. The Morgan fingerprint density at radius 1 is 0.917 bits per heavy atom. The first-order valence-corrected chi connectivity index (χ1v) is 13.4. The number of halogens is 1. The molecule has 0 atom stereocenters. The Kier molecular flexibility index (Phi) is 7.30. The van der Waals surface area contributed by atoms with Gasteiger partial charge in [0.15, 0.2) is 0 Å². The van der Waals surface area contributed by atoms with Gasteiger partial charge < -0.3 is 4.57 Å². The van der Waals surface area contributed by atoms with Gasteiger partial charge in [-0.3, -0.25) is 14.5 Å². The van der Waals surface area contributed by atoms with Gasteiger partial charge >= 0.3 is 0 Å². The lowest BCUT2D eigenvalue weighted by molar-refractivity contribution is -0.122. The van der Waals surface area contributed by atoms with E-state index in [0.29, 0.717) is 18.0 Å². The van der Waals surface area contributed by atoms with Crippen molar-refractivity contribution in [3.8, 4) is 0 Å². The summed E-state index contributed by atoms with van der Waals surface area (Å²) in [5.74, 6) is -0.211. The van der Waals surface area contributed by atoms with Crippen molar-refractivity contribution in [2.45, 2.75) is 32.7 Å². The predicted octanol–water partition coefficient (Wildman–Crippen LogP) is 7.57. The Hall–Kier alpha value is -3.28. The van der Waals surface area contributed by atoms with Gasteiger partial charge in [0.1, 0.15) is 0 Å². The first kappa shape index (κ1) is 24.4. The number of hydrogen-bond donors (Lipinski definition) is 0. The van der Waals surface area contributed by atoms with Crippen LogP contribution in [0.25, 0.3) is 17.0 Å². The quantitative estimate of drug-likeness (QED) is 0.228. The van der Waals surface area contributed by atoms with Gasteiger partial charge in [-0.1, -0.05) is 85.3 Å². The number of nitrogens with zero attached hydrogens (tertiary/aromatic N) is 2. The lowest BCUT2D eigenvalue weighted by Gasteiger charge is -2.12. The number of amides is 2. The van der Waals surface area contributed by atoms with Gasteiger partial charge in [0.05, 0.1) is 10.4 Å². The van der Waals surface area contributed by atoms with Gasteiger partial charge in [-0.25, -0.2) is 0 Å². The number of para-hydroxylation sites is 1. The van der Waals surface area contributed by atoms with E-state index in [1.165, 1.54) is 16.0 Å². The zero-order valence-electron chi connectivity index (χ0n) is 20.1. The maximum atomic E-state index is 13.2. The maximum absolute atomic E-state index is 13.2. The lowest BCUT2D eigenvalue weighted by atomic mass is 10.1. The molecule has 0 radical (unpaired) electrons. The van der Waals surface area contributed by atoms with Crippen molar-refractivity contribution in [2.75, 3.05) is 6.54 Å². The number of hydrogen-bond acceptors (Lipinski definition) is 3. The van der Waals surface area contributed by atoms with Crippen LogP contribution in [0.4, 0.5) is 4.79 Å². The number of aryl methyl sites for hydroxylation is 2. The Morgan fingerprint density at radius 3 is 2.44 bits per heavy atom. The largest absolute Gasteiger partial charge is 0.342 e. The summed E-state index contributed by atoms with van der Waals surface area (Å²) < 4.78 is 2.20. The molecule has 0 saturated carbocycles. The molecule has 1 aliphatic heterocycles. The van der Waals surface area contributed by atoms with E-state index in [1.807, 2.05) is 54.6 Å². The monoisotopic (exact) mass is 514 g/mol. The molecule has 5 rings (SSSR count). The lowest BCUT2D eigenvalue weighted by Crippen LogP contribution is -2.29. The van der Waals surface area contributed by atoms with Crippen molar-refractivity contribution in [2.24, 2.45) is 0 Å². The van der Waals surface area contributed by atoms with Crippen molar-refractivity contribution in [1.82, 2.24) is 9.47 Å². The van der Waals surface area contributed by atoms with E-state index in [2.05, 4.69) is 42.0 Å². The maximum Gasteiger partial charge on any atom is 0.293 e. The summed E-state index contributed by atoms with van der Waals surface area (Å²) >= 11 is 7.48. The second kappa shape index (κ2) is 10.8. The molecule has 0 bridgehead atoms. The van der Waals surface area contributed by atoms with Crippen LogP contribution in [0.2, 0.25) is 5.02 Å². The number of aromatic nitrogens is 1. The van der Waals surface area contributed by atoms with Crippen LogP contribution < -0.4 is 0 Å². The average Bonchev–Trinajstić information content (AvgIpc) is 3.37. The number of rotatable bonds is 8. The molecule has 4 aromatic rings. The summed E-state index contributed by atoms with van der Waals surface area (Å²) in [6, 6.07) is 24.2. The van der Waals surface area contributed by atoms with Crippen LogP contribution in [0.3, 0.4) is 0 Å². The van der Waals surface area contributed by atoms with E-state index in [9.17, 15) is 9.59 Å². The molecular weight excluding hydrogens is 488 g/mol. The number of thioether (sulfide) groups is 1. The molecule has 0 aliphatic carbocycles. The molecule has 3 aromatic carbocycles. The van der Waals surface area contributed by atoms with Gasteiger partial charge in [0, 0.05) is 35.3 Å². The molecule has 6 heteroatoms. The Morgan fingerprint density at radius 2 is 1.67 bits per heavy atom. The molecular formula is C30H27ClN2O2S. The van der Waals surface area contributed by atoms with Gasteiger partial charge in [-0.15, -0.1) is 0 Å². The molecule has 0 spiro atoms. The highest BCUT2D eigenvalue weighted by Crippen LogP contribution is 2.35. The number of imide groups is 1. The Balaban J connectivity index is 1.42. The van der Waals surface area contributed by atoms with Gasteiger partial charge in [0.25, 0.3) is 11.1 Å². The molecule has 0 N–H and O–H groups in total. The Bertz CT molecular complexity index is 1460. The fourth-order valence-corrected chi connectivity index (χ4v) is 5.77. The smallest absolute Gasteiger partial charge is 0.293 e. The van der Waals surface area contributed by atoms with Gasteiger partial charge in [-0.2, -0.15) is 0 Å². The highest BCUT2D eigenvalue weighted by Gasteiger charge is 2.34. The van der Waals surface area contributed by atoms with Crippen LogP contribution in [0, 0.1) is 0 Å². The second-order valence-corrected chi connectivity index (χ2v) is 10.3. The minimum atomic E-state index is -0.211. The van der Waals surface area contributed by atoms with Gasteiger partial charge in [0.2, 0.25) is 0 Å². The van der Waals surface area contributed by atoms with Crippen molar-refractivity contribution in [3.63, 3.8) is 0 Å². The average molecular weight is 515 g/mol. The van der Waals surface area contributed by atoms with Crippen molar-refractivity contribution >= 4 is 51.5 Å². The zero-order valence-corrected chi connectivity index (χ0v) is 21.7. The Labute approximate surface area is 220 Å². The summed E-state index contributed by atoms with van der Waals surface area (Å²) in [7, 11) is 0. The third kappa shape index (κ3) is 4.99. The molecule has 182 valence electrons. The fourth-order valence-electron chi connectivity index (χ4n) is 4.72. The summed E-state index contributed by atoms with van der Waals surface area (Å²) in [6.07, 6.45) is 6.40. The minimum absolute atomic E-state index is 0.201. The molecule has 2 heterocycles.